The van der Waals surface area contributed by atoms with Gasteiger partial charge in [0.05, 0.1) is 0 Å². The number of carbonyl (C=O) groups is 1. The molecule has 0 aromatic carbocycles. The SMILES string of the molecule is CC(=O)N(C)C(C)C(C)C. The van der Waals surface area contributed by atoms with Crippen LogP contribution in [0.2, 0.25) is 0 Å². The summed E-state index contributed by atoms with van der Waals surface area (Å²) in [4.78, 5) is 12.6. The van der Waals surface area contributed by atoms with Crippen molar-refractivity contribution >= 4 is 5.91 Å². The van der Waals surface area contributed by atoms with Crippen molar-refractivity contribution in [3.8, 4) is 0 Å². The monoisotopic (exact) mass is 143 g/mol. The Hall–Kier alpha value is -0.530. The topological polar surface area (TPSA) is 20.3 Å². The smallest absolute Gasteiger partial charge is 0.219 e. The Balaban J connectivity index is 3.94. The molecule has 2 nitrogen and oxygen atoms in total. The minimum Gasteiger partial charge on any atom is -0.343 e. The normalized spacial score (nSPS) is 13.4. The number of nitrogens with zero attached hydrogens (tertiary/aromatic N) is 1. The average molecular weight is 143 g/mol. The van der Waals surface area contributed by atoms with Gasteiger partial charge in [0.2, 0.25) is 5.91 Å². The van der Waals surface area contributed by atoms with E-state index in [0.29, 0.717) is 12.0 Å². The first-order valence-electron chi connectivity index (χ1n) is 3.70. The second kappa shape index (κ2) is 3.59. The minimum absolute atomic E-state index is 0.140. The molecule has 0 aliphatic heterocycles. The van der Waals surface area contributed by atoms with Crippen LogP contribution in [0.25, 0.3) is 0 Å². The van der Waals surface area contributed by atoms with E-state index in [1.807, 2.05) is 7.05 Å². The highest BCUT2D eigenvalue weighted by Crippen LogP contribution is 2.07. The first kappa shape index (κ1) is 9.47. The molecule has 0 saturated heterocycles. The summed E-state index contributed by atoms with van der Waals surface area (Å²) in [5, 5.41) is 0. The van der Waals surface area contributed by atoms with Crippen molar-refractivity contribution < 1.29 is 4.79 Å². The van der Waals surface area contributed by atoms with Gasteiger partial charge in [-0.3, -0.25) is 4.79 Å². The Morgan fingerprint density at radius 1 is 1.30 bits per heavy atom. The van der Waals surface area contributed by atoms with Crippen molar-refractivity contribution in [1.82, 2.24) is 4.90 Å². The summed E-state index contributed by atoms with van der Waals surface area (Å²) >= 11 is 0. The van der Waals surface area contributed by atoms with Crippen LogP contribution in [0, 0.1) is 5.92 Å². The molecule has 0 aliphatic carbocycles. The molecule has 0 N–H and O–H groups in total. The third-order valence-corrected chi connectivity index (χ3v) is 2.07. The van der Waals surface area contributed by atoms with Gasteiger partial charge in [0.1, 0.15) is 0 Å². The Kier molecular flexibility index (Phi) is 3.40. The number of amides is 1. The molecule has 1 unspecified atom stereocenters. The van der Waals surface area contributed by atoms with Gasteiger partial charge in [0.15, 0.2) is 0 Å². The van der Waals surface area contributed by atoms with Gasteiger partial charge in [-0.15, -0.1) is 0 Å². The quantitative estimate of drug-likeness (QED) is 0.573. The molecule has 0 saturated carbocycles. The van der Waals surface area contributed by atoms with Crippen LogP contribution in [0.1, 0.15) is 27.7 Å². The molecule has 10 heavy (non-hydrogen) atoms. The fraction of sp³-hybridized carbons (Fsp3) is 0.875. The molecule has 1 amide bonds. The van der Waals surface area contributed by atoms with E-state index in [4.69, 9.17) is 0 Å². The highest BCUT2D eigenvalue weighted by molar-refractivity contribution is 5.73. The summed E-state index contributed by atoms with van der Waals surface area (Å²) in [6.07, 6.45) is 0. The van der Waals surface area contributed by atoms with E-state index in [9.17, 15) is 4.79 Å². The summed E-state index contributed by atoms with van der Waals surface area (Å²) in [6.45, 7) is 7.89. The Labute approximate surface area is 63.2 Å². The molecular formula is C8H17NO. The standard InChI is InChI=1S/C8H17NO/c1-6(2)7(3)9(5)8(4)10/h6-7H,1-5H3. The number of carbonyl (C=O) groups excluding carboxylic acids is 1. The van der Waals surface area contributed by atoms with E-state index in [1.165, 1.54) is 0 Å². The van der Waals surface area contributed by atoms with Gasteiger partial charge in [-0.1, -0.05) is 13.8 Å². The number of hydrogen-bond acceptors (Lipinski definition) is 1. The first-order chi connectivity index (χ1) is 4.46. The van der Waals surface area contributed by atoms with Gasteiger partial charge in [-0.2, -0.15) is 0 Å². The Morgan fingerprint density at radius 2 is 1.70 bits per heavy atom. The summed E-state index contributed by atoms with van der Waals surface area (Å²) in [5.41, 5.74) is 0. The largest absolute Gasteiger partial charge is 0.343 e. The maximum Gasteiger partial charge on any atom is 0.219 e. The van der Waals surface area contributed by atoms with E-state index in [0.717, 1.165) is 0 Å². The molecule has 0 rings (SSSR count). The fourth-order valence-electron chi connectivity index (χ4n) is 0.734. The van der Waals surface area contributed by atoms with Crippen molar-refractivity contribution in [3.05, 3.63) is 0 Å². The highest BCUT2D eigenvalue weighted by atomic mass is 16.2. The van der Waals surface area contributed by atoms with Crippen molar-refractivity contribution in [2.24, 2.45) is 5.92 Å². The van der Waals surface area contributed by atoms with E-state index < -0.39 is 0 Å². The zero-order valence-electron chi connectivity index (χ0n) is 7.51. The van der Waals surface area contributed by atoms with Crippen molar-refractivity contribution in [2.75, 3.05) is 7.05 Å². The van der Waals surface area contributed by atoms with Crippen LogP contribution in [0.15, 0.2) is 0 Å². The molecule has 0 aromatic rings. The summed E-state index contributed by atoms with van der Waals surface area (Å²) in [5.74, 6) is 0.676. The fourth-order valence-corrected chi connectivity index (χ4v) is 0.734. The van der Waals surface area contributed by atoms with Crippen LogP contribution in [-0.2, 0) is 4.79 Å². The maximum absolute atomic E-state index is 10.8. The lowest BCUT2D eigenvalue weighted by molar-refractivity contribution is -0.130. The molecule has 0 fully saturated rings. The van der Waals surface area contributed by atoms with Gasteiger partial charge in [0.25, 0.3) is 0 Å². The van der Waals surface area contributed by atoms with Gasteiger partial charge in [0, 0.05) is 20.0 Å². The van der Waals surface area contributed by atoms with Gasteiger partial charge in [-0.05, 0) is 12.8 Å². The highest BCUT2D eigenvalue weighted by Gasteiger charge is 2.14. The Bertz CT molecular complexity index is 120. The zero-order chi connectivity index (χ0) is 8.31. The molecule has 0 bridgehead atoms. The third kappa shape index (κ3) is 2.38. The minimum atomic E-state index is 0.140. The lowest BCUT2D eigenvalue weighted by atomic mass is 10.1. The van der Waals surface area contributed by atoms with E-state index >= 15 is 0 Å². The molecule has 0 aliphatic rings. The molecule has 0 radical (unpaired) electrons. The van der Waals surface area contributed by atoms with Gasteiger partial charge < -0.3 is 4.90 Å². The lowest BCUT2D eigenvalue weighted by Crippen LogP contribution is -2.36. The molecule has 0 heterocycles. The van der Waals surface area contributed by atoms with Crippen LogP contribution in [-0.4, -0.2) is 23.9 Å². The third-order valence-electron chi connectivity index (χ3n) is 2.07. The number of hydrogen-bond donors (Lipinski definition) is 0. The summed E-state index contributed by atoms with van der Waals surface area (Å²) in [7, 11) is 1.84. The van der Waals surface area contributed by atoms with E-state index in [1.54, 1.807) is 11.8 Å². The van der Waals surface area contributed by atoms with Crippen molar-refractivity contribution in [3.63, 3.8) is 0 Å². The summed E-state index contributed by atoms with van der Waals surface area (Å²) < 4.78 is 0. The van der Waals surface area contributed by atoms with Crippen LogP contribution in [0.3, 0.4) is 0 Å². The molecule has 0 spiro atoms. The predicted octanol–water partition coefficient (Wildman–Crippen LogP) is 1.51. The molecule has 1 atom stereocenters. The molecule has 0 aromatic heterocycles. The summed E-state index contributed by atoms with van der Waals surface area (Å²) in [6, 6.07) is 0.345. The molecular weight excluding hydrogens is 126 g/mol. The van der Waals surface area contributed by atoms with Gasteiger partial charge in [-0.25, -0.2) is 0 Å². The molecule has 60 valence electrons. The van der Waals surface area contributed by atoms with E-state index in [-0.39, 0.29) is 5.91 Å². The van der Waals surface area contributed by atoms with Crippen LogP contribution >= 0.6 is 0 Å². The second-order valence-electron chi connectivity index (χ2n) is 3.11. The van der Waals surface area contributed by atoms with Crippen LogP contribution in [0.4, 0.5) is 0 Å². The van der Waals surface area contributed by atoms with Crippen molar-refractivity contribution in [1.29, 1.82) is 0 Å². The lowest BCUT2D eigenvalue weighted by Gasteiger charge is -2.26. The molecule has 2 heteroatoms. The zero-order valence-corrected chi connectivity index (χ0v) is 7.51. The Morgan fingerprint density at radius 3 is 1.80 bits per heavy atom. The van der Waals surface area contributed by atoms with Crippen molar-refractivity contribution in [2.45, 2.75) is 33.7 Å². The van der Waals surface area contributed by atoms with E-state index in [2.05, 4.69) is 20.8 Å². The van der Waals surface area contributed by atoms with Crippen LogP contribution in [0.5, 0.6) is 0 Å². The number of rotatable bonds is 2. The second-order valence-corrected chi connectivity index (χ2v) is 3.11. The predicted molar refractivity (Wildman–Crippen MR) is 42.7 cm³/mol. The first-order valence-corrected chi connectivity index (χ1v) is 3.70. The average Bonchev–Trinajstić information content (AvgIpc) is 1.84. The maximum atomic E-state index is 10.8. The van der Waals surface area contributed by atoms with Gasteiger partial charge >= 0.3 is 0 Å². The van der Waals surface area contributed by atoms with Crippen LogP contribution < -0.4 is 0 Å².